The molecule has 1 aromatic heterocycles. The van der Waals surface area contributed by atoms with Crippen LogP contribution in [0.5, 0.6) is 0 Å². The average molecular weight is 297 g/mol. The minimum atomic E-state index is 0.249. The molecule has 4 nitrogen and oxygen atoms in total. The van der Waals surface area contributed by atoms with Crippen LogP contribution in [-0.4, -0.2) is 26.9 Å². The number of hydrogen-bond donors (Lipinski definition) is 0. The minimum Gasteiger partial charge on any atom is -0.335 e. The summed E-state index contributed by atoms with van der Waals surface area (Å²) in [5.41, 5.74) is 1.31. The van der Waals surface area contributed by atoms with E-state index in [2.05, 4.69) is 47.7 Å². The molecular weight excluding hydrogens is 274 g/mol. The van der Waals surface area contributed by atoms with Gasteiger partial charge in [-0.15, -0.1) is 0 Å². The first kappa shape index (κ1) is 14.8. The van der Waals surface area contributed by atoms with Gasteiger partial charge in [-0.1, -0.05) is 30.3 Å². The molecule has 0 radical (unpaired) electrons. The Morgan fingerprint density at radius 3 is 2.77 bits per heavy atom. The van der Waals surface area contributed by atoms with Gasteiger partial charge in [0.2, 0.25) is 5.91 Å². The van der Waals surface area contributed by atoms with E-state index in [1.54, 1.807) is 0 Å². The molecule has 116 valence electrons. The first-order valence-electron chi connectivity index (χ1n) is 7.97. The molecule has 0 unspecified atom stereocenters. The molecule has 1 amide bonds. The van der Waals surface area contributed by atoms with Gasteiger partial charge in [0.15, 0.2) is 0 Å². The van der Waals surface area contributed by atoms with E-state index in [4.69, 9.17) is 0 Å². The van der Waals surface area contributed by atoms with Crippen LogP contribution in [0.2, 0.25) is 0 Å². The molecule has 2 heterocycles. The number of carbonyl (C=O) groups excluding carboxylic acids is 1. The smallest absolute Gasteiger partial charge is 0.223 e. The van der Waals surface area contributed by atoms with Gasteiger partial charge in [0.05, 0.1) is 6.54 Å². The van der Waals surface area contributed by atoms with Crippen LogP contribution in [0.15, 0.2) is 42.7 Å². The number of carbonyl (C=O) groups is 1. The van der Waals surface area contributed by atoms with Crippen molar-refractivity contribution in [2.75, 3.05) is 6.54 Å². The second-order valence-corrected chi connectivity index (χ2v) is 6.38. The van der Waals surface area contributed by atoms with Crippen LogP contribution in [0, 0.1) is 5.92 Å². The van der Waals surface area contributed by atoms with E-state index in [9.17, 15) is 4.79 Å². The van der Waals surface area contributed by atoms with E-state index in [1.165, 1.54) is 5.56 Å². The van der Waals surface area contributed by atoms with Crippen molar-refractivity contribution in [2.24, 2.45) is 5.92 Å². The number of amides is 1. The Bertz CT molecular complexity index is 633. The molecule has 0 N–H and O–H groups in total. The summed E-state index contributed by atoms with van der Waals surface area (Å²) < 4.78 is 2.14. The lowest BCUT2D eigenvalue weighted by molar-refractivity contribution is -0.128. The lowest BCUT2D eigenvalue weighted by Gasteiger charge is -2.19. The standard InChI is InChI=1S/C18H23N3O/c1-14(2)21-9-8-19-17(21)13-20-12-16(11-18(20)22)10-15-6-4-3-5-7-15/h3-9,14,16H,10-13H2,1-2H3/t16-/m1/s1. The molecule has 0 saturated carbocycles. The van der Waals surface area contributed by atoms with Crippen LogP contribution in [0.3, 0.4) is 0 Å². The van der Waals surface area contributed by atoms with Gasteiger partial charge in [-0.25, -0.2) is 4.98 Å². The molecule has 1 fully saturated rings. The predicted molar refractivity (Wildman–Crippen MR) is 86.3 cm³/mol. The first-order chi connectivity index (χ1) is 10.6. The zero-order valence-corrected chi connectivity index (χ0v) is 13.3. The highest BCUT2D eigenvalue weighted by molar-refractivity contribution is 5.78. The SMILES string of the molecule is CC(C)n1ccnc1CN1C[C@H](Cc2ccccc2)CC1=O. The molecule has 3 rings (SSSR count). The van der Waals surface area contributed by atoms with E-state index < -0.39 is 0 Å². The number of rotatable bonds is 5. The molecular formula is C18H23N3O. The topological polar surface area (TPSA) is 38.1 Å². The summed E-state index contributed by atoms with van der Waals surface area (Å²) in [6, 6.07) is 10.8. The summed E-state index contributed by atoms with van der Waals surface area (Å²) in [7, 11) is 0. The van der Waals surface area contributed by atoms with Crippen molar-refractivity contribution in [3.05, 3.63) is 54.1 Å². The Morgan fingerprint density at radius 1 is 1.27 bits per heavy atom. The van der Waals surface area contributed by atoms with Gasteiger partial charge in [-0.05, 0) is 31.7 Å². The summed E-state index contributed by atoms with van der Waals surface area (Å²) in [5, 5.41) is 0. The molecule has 4 heteroatoms. The van der Waals surface area contributed by atoms with Gasteiger partial charge >= 0.3 is 0 Å². The Kier molecular flexibility index (Phi) is 4.27. The van der Waals surface area contributed by atoms with Crippen molar-refractivity contribution in [3.63, 3.8) is 0 Å². The Labute approximate surface area is 131 Å². The van der Waals surface area contributed by atoms with Crippen LogP contribution in [0.25, 0.3) is 0 Å². The van der Waals surface area contributed by atoms with Gasteiger partial charge in [-0.2, -0.15) is 0 Å². The van der Waals surface area contributed by atoms with Gasteiger partial charge < -0.3 is 9.47 Å². The van der Waals surface area contributed by atoms with Crippen molar-refractivity contribution < 1.29 is 4.79 Å². The monoisotopic (exact) mass is 297 g/mol. The van der Waals surface area contributed by atoms with Crippen LogP contribution in [0.1, 0.15) is 37.7 Å². The molecule has 0 spiro atoms. The van der Waals surface area contributed by atoms with E-state index in [-0.39, 0.29) is 5.91 Å². The maximum atomic E-state index is 12.3. The maximum absolute atomic E-state index is 12.3. The summed E-state index contributed by atoms with van der Waals surface area (Å²) in [4.78, 5) is 18.6. The Hall–Kier alpha value is -2.10. The van der Waals surface area contributed by atoms with Crippen LogP contribution in [-0.2, 0) is 17.8 Å². The predicted octanol–water partition coefficient (Wildman–Crippen LogP) is 3.06. The quantitative estimate of drug-likeness (QED) is 0.850. The number of benzene rings is 1. The third kappa shape index (κ3) is 3.21. The number of nitrogens with zero attached hydrogens (tertiary/aromatic N) is 3. The molecule has 22 heavy (non-hydrogen) atoms. The number of likely N-dealkylation sites (tertiary alicyclic amines) is 1. The second-order valence-electron chi connectivity index (χ2n) is 6.38. The van der Waals surface area contributed by atoms with E-state index >= 15 is 0 Å². The fourth-order valence-corrected chi connectivity index (χ4v) is 3.20. The lowest BCUT2D eigenvalue weighted by Crippen LogP contribution is -2.27. The fraction of sp³-hybridized carbons (Fsp3) is 0.444. The zero-order valence-electron chi connectivity index (χ0n) is 13.3. The summed E-state index contributed by atoms with van der Waals surface area (Å²) in [6.45, 7) is 5.72. The van der Waals surface area contributed by atoms with Crippen LogP contribution >= 0.6 is 0 Å². The van der Waals surface area contributed by atoms with Crippen LogP contribution in [0.4, 0.5) is 0 Å². The molecule has 1 aliphatic heterocycles. The summed E-state index contributed by atoms with van der Waals surface area (Å²) >= 11 is 0. The highest BCUT2D eigenvalue weighted by Gasteiger charge is 2.30. The van der Waals surface area contributed by atoms with E-state index in [0.29, 0.717) is 24.9 Å². The zero-order chi connectivity index (χ0) is 15.5. The van der Waals surface area contributed by atoms with Crippen molar-refractivity contribution >= 4 is 5.91 Å². The van der Waals surface area contributed by atoms with Crippen molar-refractivity contribution in [2.45, 2.75) is 39.3 Å². The minimum absolute atomic E-state index is 0.249. The molecule has 1 aliphatic rings. The van der Waals surface area contributed by atoms with Gasteiger partial charge in [0.25, 0.3) is 0 Å². The summed E-state index contributed by atoms with van der Waals surface area (Å²) in [5.74, 6) is 1.64. The van der Waals surface area contributed by atoms with Crippen LogP contribution < -0.4 is 0 Å². The maximum Gasteiger partial charge on any atom is 0.223 e. The number of hydrogen-bond acceptors (Lipinski definition) is 2. The van der Waals surface area contributed by atoms with Gasteiger partial charge in [0.1, 0.15) is 5.82 Å². The Morgan fingerprint density at radius 2 is 2.05 bits per heavy atom. The third-order valence-corrected chi connectivity index (χ3v) is 4.30. The molecule has 0 bridgehead atoms. The van der Waals surface area contributed by atoms with Gasteiger partial charge in [0, 0.05) is 31.4 Å². The second kappa shape index (κ2) is 6.34. The van der Waals surface area contributed by atoms with E-state index in [1.807, 2.05) is 23.4 Å². The molecule has 1 aromatic carbocycles. The summed E-state index contributed by atoms with van der Waals surface area (Å²) in [6.07, 6.45) is 5.43. The molecule has 0 aliphatic carbocycles. The largest absolute Gasteiger partial charge is 0.335 e. The fourth-order valence-electron chi connectivity index (χ4n) is 3.20. The van der Waals surface area contributed by atoms with Crippen molar-refractivity contribution in [1.82, 2.24) is 14.5 Å². The van der Waals surface area contributed by atoms with Crippen molar-refractivity contribution in [1.29, 1.82) is 0 Å². The number of aromatic nitrogens is 2. The van der Waals surface area contributed by atoms with E-state index in [0.717, 1.165) is 18.8 Å². The molecule has 1 saturated heterocycles. The highest BCUT2D eigenvalue weighted by Crippen LogP contribution is 2.24. The lowest BCUT2D eigenvalue weighted by atomic mass is 9.99. The molecule has 2 aromatic rings. The Balaban J connectivity index is 1.64. The first-order valence-corrected chi connectivity index (χ1v) is 7.97. The molecule has 1 atom stereocenters. The van der Waals surface area contributed by atoms with Crippen molar-refractivity contribution in [3.8, 4) is 0 Å². The highest BCUT2D eigenvalue weighted by atomic mass is 16.2. The average Bonchev–Trinajstić information content (AvgIpc) is 3.08. The number of imidazole rings is 1. The van der Waals surface area contributed by atoms with Gasteiger partial charge in [-0.3, -0.25) is 4.79 Å². The normalized spacial score (nSPS) is 18.4. The third-order valence-electron chi connectivity index (χ3n) is 4.30.